The Morgan fingerprint density at radius 3 is 2.20 bits per heavy atom. The summed E-state index contributed by atoms with van der Waals surface area (Å²) in [6.45, 7) is 0. The van der Waals surface area contributed by atoms with Crippen LogP contribution < -0.4 is 0 Å². The third kappa shape index (κ3) is 4.72. The molecular weight excluding hydrogens is 306 g/mol. The van der Waals surface area contributed by atoms with Gasteiger partial charge in [0, 0.05) is 10.8 Å². The Morgan fingerprint density at radius 1 is 1.00 bits per heavy atom. The molecule has 0 aliphatic heterocycles. The molecule has 0 aromatic carbocycles. The van der Waals surface area contributed by atoms with Gasteiger partial charge in [-0.05, 0) is 11.8 Å². The summed E-state index contributed by atoms with van der Waals surface area (Å²) in [4.78, 5) is 1.38. The molecule has 0 aromatic rings. The minimum atomic E-state index is -1.92. The van der Waals surface area contributed by atoms with Crippen LogP contribution in [0.15, 0.2) is 46.9 Å². The Hall–Kier alpha value is 0.894. The zero-order chi connectivity index (χ0) is 11.3. The molecule has 0 atom stereocenters. The van der Waals surface area contributed by atoms with Gasteiger partial charge in [0.15, 0.2) is 0 Å². The molecule has 2 aliphatic rings. The number of halogens is 3. The molecule has 0 aromatic heterocycles. The van der Waals surface area contributed by atoms with Crippen LogP contribution in [0.5, 0.6) is 0 Å². The predicted octanol–water partition coefficient (Wildman–Crippen LogP) is 4.94. The van der Waals surface area contributed by atoms with Crippen LogP contribution in [0.4, 0.5) is 0 Å². The van der Waals surface area contributed by atoms with Crippen molar-refractivity contribution in [3.05, 3.63) is 52.9 Å². The van der Waals surface area contributed by atoms with Crippen molar-refractivity contribution in [1.82, 2.24) is 0 Å². The molecular formula is C10H9Cl3STi. The van der Waals surface area contributed by atoms with E-state index in [0.717, 1.165) is 0 Å². The van der Waals surface area contributed by atoms with E-state index >= 15 is 0 Å². The van der Waals surface area contributed by atoms with Crippen LogP contribution in [0, 0.1) is 5.92 Å². The summed E-state index contributed by atoms with van der Waals surface area (Å²) in [6.07, 6.45) is 14.9. The van der Waals surface area contributed by atoms with Crippen LogP contribution in [0.1, 0.15) is 0 Å². The van der Waals surface area contributed by atoms with E-state index < -0.39 is 14.7 Å². The third-order valence-electron chi connectivity index (χ3n) is 1.86. The zero-order valence-corrected chi connectivity index (χ0v) is 12.7. The summed E-state index contributed by atoms with van der Waals surface area (Å²) >= 11 is -0.112. The normalized spacial score (nSPS) is 17.6. The van der Waals surface area contributed by atoms with E-state index in [0.29, 0.717) is 0 Å². The topological polar surface area (TPSA) is 0 Å². The van der Waals surface area contributed by atoms with Crippen LogP contribution >= 0.6 is 39.7 Å². The molecule has 0 nitrogen and oxygen atoms in total. The Bertz CT molecular complexity index is 329. The van der Waals surface area contributed by atoms with Gasteiger partial charge in [-0.3, -0.25) is 0 Å². The first-order valence-electron chi connectivity index (χ1n) is 4.17. The molecule has 0 N–H and O–H groups in total. The van der Waals surface area contributed by atoms with Gasteiger partial charge < -0.3 is 0 Å². The molecule has 0 bridgehead atoms. The molecule has 0 saturated carbocycles. The average molecular weight is 315 g/mol. The molecule has 0 unspecified atom stereocenters. The first kappa shape index (κ1) is 14.0. The van der Waals surface area contributed by atoms with Gasteiger partial charge in [0.1, 0.15) is 0 Å². The molecule has 0 heterocycles. The van der Waals surface area contributed by atoms with Crippen molar-refractivity contribution in [1.29, 1.82) is 0 Å². The second kappa shape index (κ2) is 7.26. The van der Waals surface area contributed by atoms with Gasteiger partial charge in [0.2, 0.25) is 0 Å². The Kier molecular flexibility index (Phi) is 6.76. The third-order valence-corrected chi connectivity index (χ3v) is 2.66. The van der Waals surface area contributed by atoms with E-state index in [1.54, 1.807) is 11.8 Å². The molecule has 15 heavy (non-hydrogen) atoms. The summed E-state index contributed by atoms with van der Waals surface area (Å²) in [5, 5.41) is 0. The number of hydrogen-bond donors (Lipinski definition) is 0. The molecule has 80 valence electrons. The van der Waals surface area contributed by atoms with E-state index in [9.17, 15) is 0 Å². The standard InChI is InChI=1S/C10H9S.3ClH.Ti/c1-11-10-7-6-8-4-2-3-5-9(8)10;;;;/h2-7H,1H3;3*1H;/q;;;;+3/p-3. The fourth-order valence-corrected chi connectivity index (χ4v) is 1.91. The van der Waals surface area contributed by atoms with Crippen LogP contribution in [-0.2, 0) is 14.7 Å². The Balaban J connectivity index is 0.000000245. The first-order valence-corrected chi connectivity index (χ1v) is 11.8. The van der Waals surface area contributed by atoms with Crippen molar-refractivity contribution in [3.8, 4) is 0 Å². The van der Waals surface area contributed by atoms with Crippen molar-refractivity contribution in [2.75, 3.05) is 6.26 Å². The molecule has 5 heteroatoms. The van der Waals surface area contributed by atoms with Crippen LogP contribution in [-0.4, -0.2) is 6.26 Å². The second-order valence-electron chi connectivity index (χ2n) is 2.70. The van der Waals surface area contributed by atoms with Gasteiger partial charge in [0.05, 0.1) is 0 Å². The number of fused-ring (bicyclic) bond motifs is 1. The Labute approximate surface area is 113 Å². The van der Waals surface area contributed by atoms with Gasteiger partial charge >= 0.3 is 42.6 Å². The van der Waals surface area contributed by atoms with Gasteiger partial charge in [-0.2, -0.15) is 0 Å². The van der Waals surface area contributed by atoms with E-state index in [4.69, 9.17) is 27.9 Å². The zero-order valence-electron chi connectivity index (χ0n) is 8.01. The summed E-state index contributed by atoms with van der Waals surface area (Å²) in [6, 6.07) is 0. The average Bonchev–Trinajstić information content (AvgIpc) is 2.59. The van der Waals surface area contributed by atoms with Crippen molar-refractivity contribution in [2.45, 2.75) is 0 Å². The number of thioether (sulfide) groups is 1. The Morgan fingerprint density at radius 2 is 1.60 bits per heavy atom. The molecule has 2 aliphatic carbocycles. The van der Waals surface area contributed by atoms with E-state index in [1.165, 1.54) is 16.4 Å². The van der Waals surface area contributed by atoms with Crippen molar-refractivity contribution < 1.29 is 14.7 Å². The monoisotopic (exact) mass is 314 g/mol. The molecule has 0 fully saturated rings. The number of rotatable bonds is 1. The first-order chi connectivity index (χ1) is 7.15. The van der Waals surface area contributed by atoms with Gasteiger partial charge in [0.25, 0.3) is 0 Å². The van der Waals surface area contributed by atoms with Crippen molar-refractivity contribution in [2.24, 2.45) is 0 Å². The van der Waals surface area contributed by atoms with Crippen LogP contribution in [0.2, 0.25) is 0 Å². The number of hydrogen-bond acceptors (Lipinski definition) is 1. The summed E-state index contributed by atoms with van der Waals surface area (Å²) in [5.74, 6) is 1.34. The number of allylic oxidation sites excluding steroid dienone is 7. The van der Waals surface area contributed by atoms with Gasteiger partial charge in [-0.1, -0.05) is 36.5 Å². The second-order valence-corrected chi connectivity index (χ2v) is 11.3. The fraction of sp³-hybridized carbons (Fsp3) is 0.100. The SMILES string of the molecule is CSC1=C2C=CC=C[C]2C=C1.[Cl][Ti]([Cl])[Cl]. The molecule has 2 rings (SSSR count). The van der Waals surface area contributed by atoms with Crippen LogP contribution in [0.3, 0.4) is 0 Å². The fourth-order valence-electron chi connectivity index (χ4n) is 1.30. The molecule has 0 amide bonds. The van der Waals surface area contributed by atoms with E-state index in [1.807, 2.05) is 0 Å². The summed E-state index contributed by atoms with van der Waals surface area (Å²) < 4.78 is 0. The van der Waals surface area contributed by atoms with Gasteiger partial charge in [-0.15, -0.1) is 11.8 Å². The molecule has 1 radical (unpaired) electrons. The summed E-state index contributed by atoms with van der Waals surface area (Å²) in [7, 11) is 14.9. The van der Waals surface area contributed by atoms with Crippen LogP contribution in [0.25, 0.3) is 0 Å². The van der Waals surface area contributed by atoms with E-state index in [2.05, 4.69) is 42.7 Å². The predicted molar refractivity (Wildman–Crippen MR) is 68.8 cm³/mol. The van der Waals surface area contributed by atoms with Crippen molar-refractivity contribution in [3.63, 3.8) is 0 Å². The molecule has 0 spiro atoms. The molecule has 0 saturated heterocycles. The van der Waals surface area contributed by atoms with Crippen molar-refractivity contribution >= 4 is 39.7 Å². The maximum absolute atomic E-state index is 4.97. The van der Waals surface area contributed by atoms with E-state index in [-0.39, 0.29) is 0 Å². The summed E-state index contributed by atoms with van der Waals surface area (Å²) in [5.41, 5.74) is 1.38. The quantitative estimate of drug-likeness (QED) is 0.618. The maximum atomic E-state index is 4.97. The minimum absolute atomic E-state index is 1.34. The van der Waals surface area contributed by atoms with Gasteiger partial charge in [-0.25, -0.2) is 0 Å².